The second-order valence-electron chi connectivity index (χ2n) is 9.71. The summed E-state index contributed by atoms with van der Waals surface area (Å²) in [5.41, 5.74) is 9.50. The summed E-state index contributed by atoms with van der Waals surface area (Å²) in [7, 11) is -3.26. The maximum Gasteiger partial charge on any atom is 0.251 e. The summed E-state index contributed by atoms with van der Waals surface area (Å²) in [6, 6.07) is 14.3. The molecular formula is C26H33N5O3S. The maximum atomic E-state index is 12.9. The summed E-state index contributed by atoms with van der Waals surface area (Å²) >= 11 is 0. The van der Waals surface area contributed by atoms with Gasteiger partial charge in [-0.2, -0.15) is 5.10 Å². The van der Waals surface area contributed by atoms with Gasteiger partial charge < -0.3 is 11.1 Å². The second-order valence-corrected chi connectivity index (χ2v) is 11.8. The van der Waals surface area contributed by atoms with E-state index >= 15 is 0 Å². The molecule has 1 aliphatic heterocycles. The Balaban J connectivity index is 1.30. The van der Waals surface area contributed by atoms with Crippen LogP contribution in [-0.2, 0) is 10.0 Å². The molecule has 2 fully saturated rings. The zero-order valence-corrected chi connectivity index (χ0v) is 20.7. The van der Waals surface area contributed by atoms with Gasteiger partial charge in [0, 0.05) is 36.1 Å². The van der Waals surface area contributed by atoms with Crippen LogP contribution in [-0.4, -0.2) is 60.3 Å². The Labute approximate surface area is 206 Å². The Morgan fingerprint density at radius 2 is 1.83 bits per heavy atom. The molecule has 2 heterocycles. The van der Waals surface area contributed by atoms with Crippen LogP contribution >= 0.6 is 0 Å². The molecule has 1 saturated heterocycles. The average Bonchev–Trinajstić information content (AvgIpc) is 3.26. The first-order valence-corrected chi connectivity index (χ1v) is 14.1. The molecule has 9 heteroatoms. The number of carbonyl (C=O) groups excluding carboxylic acids is 1. The molecule has 3 aromatic rings. The number of hydrogen-bond acceptors (Lipinski definition) is 5. The van der Waals surface area contributed by atoms with Gasteiger partial charge in [0.25, 0.3) is 5.91 Å². The number of aromatic nitrogens is 2. The first kappa shape index (κ1) is 24.0. The van der Waals surface area contributed by atoms with Crippen molar-refractivity contribution in [3.05, 3.63) is 53.7 Å². The molecule has 2 aliphatic rings. The molecule has 1 aromatic heterocycles. The average molecular weight is 496 g/mol. The van der Waals surface area contributed by atoms with Crippen LogP contribution < -0.4 is 11.1 Å². The fraction of sp³-hybridized carbons (Fsp3) is 0.462. The van der Waals surface area contributed by atoms with E-state index in [1.54, 1.807) is 10.4 Å². The topological polar surface area (TPSA) is 121 Å². The lowest BCUT2D eigenvalue weighted by atomic mass is 9.90. The molecule has 1 amide bonds. The van der Waals surface area contributed by atoms with E-state index in [-0.39, 0.29) is 11.7 Å². The molecule has 1 aliphatic carbocycles. The van der Waals surface area contributed by atoms with Crippen molar-refractivity contribution >= 4 is 26.8 Å². The van der Waals surface area contributed by atoms with Gasteiger partial charge in [-0.25, -0.2) is 12.7 Å². The van der Waals surface area contributed by atoms with E-state index in [1.165, 1.54) is 19.3 Å². The summed E-state index contributed by atoms with van der Waals surface area (Å²) in [5.74, 6) is -0.190. The van der Waals surface area contributed by atoms with Crippen molar-refractivity contribution in [3.8, 4) is 11.1 Å². The fourth-order valence-corrected chi connectivity index (χ4v) is 6.69. The van der Waals surface area contributed by atoms with Crippen molar-refractivity contribution in [2.45, 2.75) is 50.5 Å². The van der Waals surface area contributed by atoms with Crippen LogP contribution in [0.3, 0.4) is 0 Å². The smallest absolute Gasteiger partial charge is 0.251 e. The lowest BCUT2D eigenvalue weighted by molar-refractivity contribution is 0.100. The van der Waals surface area contributed by atoms with Gasteiger partial charge >= 0.3 is 0 Å². The summed E-state index contributed by atoms with van der Waals surface area (Å²) in [6.45, 7) is 1.74. The first-order valence-electron chi connectivity index (χ1n) is 12.5. The summed E-state index contributed by atoms with van der Waals surface area (Å²) in [5, 5.41) is 11.9. The quantitative estimate of drug-likeness (QED) is 0.393. The molecule has 2 aromatic carbocycles. The summed E-state index contributed by atoms with van der Waals surface area (Å²) in [6.07, 6.45) is 5.74. The Morgan fingerprint density at radius 3 is 2.49 bits per heavy atom. The number of aromatic amines is 1. The van der Waals surface area contributed by atoms with Gasteiger partial charge in [-0.1, -0.05) is 36.8 Å². The highest BCUT2D eigenvalue weighted by Crippen LogP contribution is 2.35. The van der Waals surface area contributed by atoms with Gasteiger partial charge in [0.2, 0.25) is 10.0 Å². The standard InChI is InChI=1S/C26H33N5O3S/c27-26(32)23-17-20(18-6-2-1-3-7-18)16-22-24(29-30-25(22)23)19-10-13-31(14-11-19)35(33,34)15-5-12-28-21-8-4-9-21/h1-3,6-7,16-17,19,21,28H,4-5,8-15H2,(H2,27,32)(H,29,30). The van der Waals surface area contributed by atoms with E-state index in [0.717, 1.165) is 28.8 Å². The third kappa shape index (κ3) is 5.12. The lowest BCUT2D eigenvalue weighted by Gasteiger charge is -2.31. The molecule has 4 N–H and O–H groups in total. The molecule has 35 heavy (non-hydrogen) atoms. The number of amides is 1. The Hall–Kier alpha value is -2.75. The monoisotopic (exact) mass is 495 g/mol. The number of carbonyl (C=O) groups is 1. The van der Waals surface area contributed by atoms with Crippen molar-refractivity contribution in [3.63, 3.8) is 0 Å². The predicted molar refractivity (Wildman–Crippen MR) is 138 cm³/mol. The number of nitrogens with two attached hydrogens (primary N) is 1. The molecule has 5 rings (SSSR count). The van der Waals surface area contributed by atoms with Crippen LogP contribution in [0.5, 0.6) is 0 Å². The van der Waals surface area contributed by atoms with E-state index < -0.39 is 15.9 Å². The van der Waals surface area contributed by atoms with Crippen molar-refractivity contribution in [2.24, 2.45) is 5.73 Å². The number of nitrogens with zero attached hydrogens (tertiary/aromatic N) is 2. The minimum absolute atomic E-state index is 0.137. The minimum Gasteiger partial charge on any atom is -0.366 e. The van der Waals surface area contributed by atoms with Crippen LogP contribution in [0.2, 0.25) is 0 Å². The molecule has 0 bridgehead atoms. The Bertz CT molecular complexity index is 1290. The van der Waals surface area contributed by atoms with E-state index in [9.17, 15) is 13.2 Å². The highest BCUT2D eigenvalue weighted by atomic mass is 32.2. The van der Waals surface area contributed by atoms with E-state index in [0.29, 0.717) is 49.5 Å². The van der Waals surface area contributed by atoms with Crippen LogP contribution in [0.15, 0.2) is 42.5 Å². The van der Waals surface area contributed by atoms with E-state index in [4.69, 9.17) is 5.73 Å². The first-order chi connectivity index (χ1) is 16.9. The molecule has 0 atom stereocenters. The van der Waals surface area contributed by atoms with Crippen molar-refractivity contribution in [1.82, 2.24) is 19.8 Å². The largest absolute Gasteiger partial charge is 0.366 e. The molecule has 1 saturated carbocycles. The predicted octanol–water partition coefficient (Wildman–Crippen LogP) is 3.37. The molecular weight excluding hydrogens is 462 g/mol. The van der Waals surface area contributed by atoms with Gasteiger partial charge in [0.1, 0.15) is 5.52 Å². The SMILES string of the molecule is NC(=O)c1cc(-c2ccccc2)cc2c(C3CCN(S(=O)(=O)CCCNC4CCC4)CC3)[nH]nc12. The maximum absolute atomic E-state index is 12.9. The third-order valence-corrected chi connectivity index (χ3v) is 9.39. The van der Waals surface area contributed by atoms with E-state index in [2.05, 4.69) is 15.5 Å². The molecule has 8 nitrogen and oxygen atoms in total. The third-order valence-electron chi connectivity index (χ3n) is 7.43. The van der Waals surface area contributed by atoms with Crippen LogP contribution in [0, 0.1) is 0 Å². The minimum atomic E-state index is -3.26. The number of rotatable bonds is 9. The van der Waals surface area contributed by atoms with Crippen LogP contribution in [0.1, 0.15) is 60.5 Å². The highest BCUT2D eigenvalue weighted by molar-refractivity contribution is 7.89. The Morgan fingerprint density at radius 1 is 1.09 bits per heavy atom. The van der Waals surface area contributed by atoms with Crippen LogP contribution in [0.4, 0.5) is 0 Å². The number of H-pyrrole nitrogens is 1. The number of primary amides is 1. The summed E-state index contributed by atoms with van der Waals surface area (Å²) < 4.78 is 27.4. The van der Waals surface area contributed by atoms with Gasteiger partial charge in [-0.05, 0) is 61.9 Å². The number of nitrogens with one attached hydrogen (secondary N) is 2. The number of hydrogen-bond donors (Lipinski definition) is 3. The van der Waals surface area contributed by atoms with Gasteiger partial charge in [-0.3, -0.25) is 9.89 Å². The van der Waals surface area contributed by atoms with Crippen molar-refractivity contribution < 1.29 is 13.2 Å². The van der Waals surface area contributed by atoms with Crippen molar-refractivity contribution in [1.29, 1.82) is 0 Å². The molecule has 0 radical (unpaired) electrons. The lowest BCUT2D eigenvalue weighted by Crippen LogP contribution is -2.40. The fourth-order valence-electron chi connectivity index (χ4n) is 5.16. The second kappa shape index (κ2) is 10.1. The Kier molecular flexibility index (Phi) is 6.91. The highest BCUT2D eigenvalue weighted by Gasteiger charge is 2.30. The number of sulfonamides is 1. The van der Waals surface area contributed by atoms with Gasteiger partial charge in [0.05, 0.1) is 11.3 Å². The van der Waals surface area contributed by atoms with Gasteiger partial charge in [-0.15, -0.1) is 0 Å². The normalized spacial score (nSPS) is 18.1. The zero-order chi connectivity index (χ0) is 24.4. The molecule has 186 valence electrons. The van der Waals surface area contributed by atoms with Crippen molar-refractivity contribution in [2.75, 3.05) is 25.4 Å². The number of benzene rings is 2. The number of fused-ring (bicyclic) bond motifs is 1. The van der Waals surface area contributed by atoms with E-state index in [1.807, 2.05) is 36.4 Å². The molecule has 0 spiro atoms. The van der Waals surface area contributed by atoms with Crippen LogP contribution in [0.25, 0.3) is 22.0 Å². The number of piperidine rings is 1. The molecule has 0 unspecified atom stereocenters. The zero-order valence-electron chi connectivity index (χ0n) is 19.9. The summed E-state index contributed by atoms with van der Waals surface area (Å²) in [4.78, 5) is 12.2. The van der Waals surface area contributed by atoms with Gasteiger partial charge in [0.15, 0.2) is 0 Å².